The van der Waals surface area contributed by atoms with Crippen LogP contribution in [-0.4, -0.2) is 55.5 Å². The molecule has 3 aliphatic heterocycles. The number of ether oxygens (including phenoxy) is 4. The highest BCUT2D eigenvalue weighted by molar-refractivity contribution is 5.87. The molecule has 2 atom stereocenters. The van der Waals surface area contributed by atoms with Gasteiger partial charge in [-0.2, -0.15) is 0 Å². The maximum Gasteiger partial charge on any atom is 0.231 e. The van der Waals surface area contributed by atoms with Crippen molar-refractivity contribution in [2.45, 2.75) is 51.2 Å². The van der Waals surface area contributed by atoms with E-state index in [0.717, 1.165) is 48.6 Å². The molecule has 154 valence electrons. The number of rotatable bonds is 4. The lowest BCUT2D eigenvalue weighted by molar-refractivity contribution is -0.0622. The van der Waals surface area contributed by atoms with Crippen LogP contribution in [0.3, 0.4) is 0 Å². The molecule has 3 heterocycles. The number of benzene rings is 1. The van der Waals surface area contributed by atoms with Gasteiger partial charge in [0.2, 0.25) is 12.5 Å². The zero-order valence-corrected chi connectivity index (χ0v) is 17.2. The number of likely N-dealkylation sites (N-methyl/N-ethyl adjacent to an activating group) is 1. The van der Waals surface area contributed by atoms with Crippen molar-refractivity contribution in [2.24, 2.45) is 11.1 Å². The molecule has 4 rings (SSSR count). The van der Waals surface area contributed by atoms with E-state index in [2.05, 4.69) is 37.0 Å². The highest BCUT2D eigenvalue weighted by Crippen LogP contribution is 2.50. The molecule has 7 heteroatoms. The zero-order chi connectivity index (χ0) is 19.9. The summed E-state index contributed by atoms with van der Waals surface area (Å²) in [6.07, 6.45) is 3.31. The van der Waals surface area contributed by atoms with Gasteiger partial charge in [0, 0.05) is 37.1 Å². The Kier molecular flexibility index (Phi) is 5.14. The van der Waals surface area contributed by atoms with Crippen LogP contribution in [0.25, 0.3) is 0 Å². The van der Waals surface area contributed by atoms with Crippen molar-refractivity contribution in [2.75, 3.05) is 34.1 Å². The molecule has 0 aromatic heterocycles. The minimum Gasteiger partial charge on any atom is -0.492 e. The molecule has 0 bridgehead atoms. The van der Waals surface area contributed by atoms with Gasteiger partial charge < -0.3 is 24.2 Å². The van der Waals surface area contributed by atoms with Crippen molar-refractivity contribution in [3.63, 3.8) is 0 Å². The second-order valence-electron chi connectivity index (χ2n) is 8.56. The van der Waals surface area contributed by atoms with E-state index in [9.17, 15) is 5.21 Å². The fourth-order valence-electron chi connectivity index (χ4n) is 4.79. The van der Waals surface area contributed by atoms with Gasteiger partial charge >= 0.3 is 0 Å². The third-order valence-corrected chi connectivity index (χ3v) is 6.25. The maximum atomic E-state index is 9.85. The van der Waals surface area contributed by atoms with Gasteiger partial charge in [0.15, 0.2) is 11.5 Å². The van der Waals surface area contributed by atoms with Crippen LogP contribution in [0.5, 0.6) is 17.2 Å². The molecule has 1 aromatic carbocycles. The van der Waals surface area contributed by atoms with Gasteiger partial charge in [0.05, 0.1) is 18.4 Å². The van der Waals surface area contributed by atoms with Crippen LogP contribution < -0.4 is 14.2 Å². The first kappa shape index (κ1) is 19.3. The van der Waals surface area contributed by atoms with E-state index < -0.39 is 0 Å². The van der Waals surface area contributed by atoms with E-state index in [1.807, 2.05) is 0 Å². The number of hydrogen-bond donors (Lipinski definition) is 1. The van der Waals surface area contributed by atoms with Gasteiger partial charge in [-0.25, -0.2) is 0 Å². The topological polar surface area (TPSA) is 72.8 Å². The molecule has 0 saturated carbocycles. The summed E-state index contributed by atoms with van der Waals surface area (Å²) in [6.45, 7) is 6.03. The molecule has 7 nitrogen and oxygen atoms in total. The van der Waals surface area contributed by atoms with Crippen LogP contribution in [0.1, 0.15) is 50.3 Å². The molecule has 0 radical (unpaired) electrons. The lowest BCUT2D eigenvalue weighted by atomic mass is 9.80. The molecular weight excluding hydrogens is 360 g/mol. The largest absolute Gasteiger partial charge is 0.492 e. The number of methoxy groups -OCH3 is 1. The zero-order valence-electron chi connectivity index (χ0n) is 17.2. The highest BCUT2D eigenvalue weighted by atomic mass is 16.7. The van der Waals surface area contributed by atoms with Gasteiger partial charge in [-0.05, 0) is 51.8 Å². The Bertz CT molecular complexity index is 777. The summed E-state index contributed by atoms with van der Waals surface area (Å²) in [5.74, 6) is 2.39. The third kappa shape index (κ3) is 3.42. The summed E-state index contributed by atoms with van der Waals surface area (Å²) in [6, 6.07) is 2.14. The summed E-state index contributed by atoms with van der Waals surface area (Å²) < 4.78 is 22.9. The van der Waals surface area contributed by atoms with E-state index in [4.69, 9.17) is 18.9 Å². The van der Waals surface area contributed by atoms with E-state index >= 15 is 0 Å². The maximum absolute atomic E-state index is 9.85. The van der Waals surface area contributed by atoms with Crippen molar-refractivity contribution in [1.29, 1.82) is 0 Å². The van der Waals surface area contributed by atoms with E-state index in [-0.39, 0.29) is 24.4 Å². The summed E-state index contributed by atoms with van der Waals surface area (Å²) in [7, 11) is 3.78. The predicted molar refractivity (Wildman–Crippen MR) is 105 cm³/mol. The molecule has 1 saturated heterocycles. The van der Waals surface area contributed by atoms with Crippen molar-refractivity contribution < 1.29 is 24.2 Å². The first-order valence-corrected chi connectivity index (χ1v) is 9.98. The van der Waals surface area contributed by atoms with E-state index in [1.54, 1.807) is 7.11 Å². The quantitative estimate of drug-likeness (QED) is 0.483. The van der Waals surface area contributed by atoms with Crippen LogP contribution >= 0.6 is 0 Å². The lowest BCUT2D eigenvalue weighted by Gasteiger charge is -2.39. The van der Waals surface area contributed by atoms with Gasteiger partial charge in [-0.15, -0.1) is 0 Å². The Labute approximate surface area is 166 Å². The Morgan fingerprint density at radius 3 is 2.93 bits per heavy atom. The van der Waals surface area contributed by atoms with Crippen LogP contribution in [0.15, 0.2) is 11.2 Å². The molecule has 0 amide bonds. The second kappa shape index (κ2) is 7.44. The van der Waals surface area contributed by atoms with Crippen molar-refractivity contribution in [3.8, 4) is 17.2 Å². The molecule has 3 aliphatic rings. The smallest absolute Gasteiger partial charge is 0.231 e. The number of hydrogen-bond acceptors (Lipinski definition) is 7. The average Bonchev–Trinajstić information content (AvgIpc) is 3.13. The lowest BCUT2D eigenvalue weighted by Crippen LogP contribution is -2.39. The second-order valence-corrected chi connectivity index (χ2v) is 8.56. The summed E-state index contributed by atoms with van der Waals surface area (Å²) in [4.78, 5) is 2.31. The molecule has 1 N–H and O–H groups in total. The number of fused-ring (bicyclic) bond motifs is 2. The predicted octanol–water partition coefficient (Wildman–Crippen LogP) is 3.38. The molecule has 28 heavy (non-hydrogen) atoms. The standard InChI is InChI=1S/C21H30N2O5/c1-21(2)11-14(6-8-28-21)15(22-24)10-16-18-13(5-7-23(16)3)9-17-19(20(18)25-4)27-12-26-17/h9,14,16,24H,5-8,10-12H2,1-4H3/b22-15+/t14-,16-/m1/s1. The van der Waals surface area contributed by atoms with Crippen LogP contribution in [0.2, 0.25) is 0 Å². The van der Waals surface area contributed by atoms with E-state index in [1.165, 1.54) is 5.56 Å². The molecule has 1 fully saturated rings. The van der Waals surface area contributed by atoms with Gasteiger partial charge in [0.1, 0.15) is 0 Å². The Hall–Kier alpha value is -1.99. The summed E-state index contributed by atoms with van der Waals surface area (Å²) in [5.41, 5.74) is 2.97. The molecule has 1 aromatic rings. The fraction of sp³-hybridized carbons (Fsp3) is 0.667. The Balaban J connectivity index is 1.67. The third-order valence-electron chi connectivity index (χ3n) is 6.25. The molecule has 0 unspecified atom stereocenters. The van der Waals surface area contributed by atoms with Crippen LogP contribution in [0.4, 0.5) is 0 Å². The van der Waals surface area contributed by atoms with Crippen LogP contribution in [0, 0.1) is 5.92 Å². The average molecular weight is 390 g/mol. The van der Waals surface area contributed by atoms with E-state index in [0.29, 0.717) is 18.8 Å². The summed E-state index contributed by atoms with van der Waals surface area (Å²) in [5, 5.41) is 13.6. The highest BCUT2D eigenvalue weighted by Gasteiger charge is 2.37. The number of nitrogens with zero attached hydrogens (tertiary/aromatic N) is 2. The molecule has 0 aliphatic carbocycles. The summed E-state index contributed by atoms with van der Waals surface area (Å²) >= 11 is 0. The molecular formula is C21H30N2O5. The van der Waals surface area contributed by atoms with Gasteiger partial charge in [-0.3, -0.25) is 4.90 Å². The van der Waals surface area contributed by atoms with Crippen LogP contribution in [-0.2, 0) is 11.2 Å². The minimum atomic E-state index is -0.196. The Morgan fingerprint density at radius 2 is 2.21 bits per heavy atom. The van der Waals surface area contributed by atoms with Gasteiger partial charge in [-0.1, -0.05) is 5.16 Å². The Morgan fingerprint density at radius 1 is 1.39 bits per heavy atom. The number of oxime groups is 1. The van der Waals surface area contributed by atoms with Crippen molar-refractivity contribution in [3.05, 3.63) is 17.2 Å². The van der Waals surface area contributed by atoms with Gasteiger partial charge in [0.25, 0.3) is 0 Å². The fourth-order valence-corrected chi connectivity index (χ4v) is 4.79. The minimum absolute atomic E-state index is 0.0602. The SMILES string of the molecule is COc1c2c(cc3c1[C@@H](C/C(=N\O)[C@@H]1CCOC(C)(C)C1)N(C)CC3)OCO2. The molecule has 0 spiro atoms. The normalized spacial score (nSPS) is 26.8. The first-order valence-electron chi connectivity index (χ1n) is 9.98. The van der Waals surface area contributed by atoms with Crippen molar-refractivity contribution >= 4 is 5.71 Å². The monoisotopic (exact) mass is 390 g/mol. The first-order chi connectivity index (χ1) is 13.4. The van der Waals surface area contributed by atoms with Crippen molar-refractivity contribution in [1.82, 2.24) is 4.90 Å².